The zero-order valence-corrected chi connectivity index (χ0v) is 12.8. The fraction of sp³-hybridized carbons (Fsp3) is 0.500. The number of aromatic nitrogens is 2. The molecule has 98 valence electrons. The van der Waals surface area contributed by atoms with Gasteiger partial charge in [0.2, 0.25) is 0 Å². The van der Waals surface area contributed by atoms with E-state index >= 15 is 0 Å². The van der Waals surface area contributed by atoms with E-state index in [1.54, 1.807) is 11.3 Å². The molecule has 0 bridgehead atoms. The van der Waals surface area contributed by atoms with E-state index in [0.29, 0.717) is 5.92 Å². The Kier molecular flexibility index (Phi) is 4.17. The van der Waals surface area contributed by atoms with E-state index in [9.17, 15) is 0 Å². The van der Waals surface area contributed by atoms with E-state index < -0.39 is 0 Å². The Balaban J connectivity index is 2.23. The molecule has 0 fully saturated rings. The quantitative estimate of drug-likeness (QED) is 0.831. The average Bonchev–Trinajstić information content (AvgIpc) is 2.94. The lowest BCUT2D eigenvalue weighted by Crippen LogP contribution is -2.26. The number of nitrogens with zero attached hydrogens (tertiary/aromatic N) is 2. The van der Waals surface area contributed by atoms with E-state index in [1.807, 2.05) is 6.20 Å². The first kappa shape index (κ1) is 13.7. The summed E-state index contributed by atoms with van der Waals surface area (Å²) in [6, 6.07) is 4.19. The lowest BCUT2D eigenvalue weighted by atomic mass is 9.82. The second kappa shape index (κ2) is 5.49. The van der Waals surface area contributed by atoms with Crippen molar-refractivity contribution in [2.45, 2.75) is 27.3 Å². The van der Waals surface area contributed by atoms with Crippen LogP contribution in [0.3, 0.4) is 0 Å². The summed E-state index contributed by atoms with van der Waals surface area (Å²) in [5.74, 6) is 2.50. The lowest BCUT2D eigenvalue weighted by molar-refractivity contribution is 0.239. The lowest BCUT2D eigenvalue weighted by Gasteiger charge is -2.30. The maximum Gasteiger partial charge on any atom is 0.149 e. The highest BCUT2D eigenvalue weighted by Crippen LogP contribution is 2.30. The first-order chi connectivity index (χ1) is 8.52. The third-order valence-corrected chi connectivity index (χ3v) is 4.63. The molecule has 1 unspecified atom stereocenters. The number of imidazole rings is 1. The van der Waals surface area contributed by atoms with Crippen LogP contribution in [-0.2, 0) is 6.54 Å². The molecule has 18 heavy (non-hydrogen) atoms. The van der Waals surface area contributed by atoms with Gasteiger partial charge in [-0.3, -0.25) is 0 Å². The first-order valence-corrected chi connectivity index (χ1v) is 7.69. The van der Waals surface area contributed by atoms with Crippen molar-refractivity contribution >= 4 is 24.0 Å². The van der Waals surface area contributed by atoms with Gasteiger partial charge in [0.1, 0.15) is 5.82 Å². The van der Waals surface area contributed by atoms with Crippen LogP contribution < -0.4 is 0 Å². The van der Waals surface area contributed by atoms with Crippen molar-refractivity contribution in [1.29, 1.82) is 0 Å². The predicted molar refractivity (Wildman–Crippen MR) is 82.3 cm³/mol. The molecule has 0 radical (unpaired) electrons. The Labute approximate surface area is 118 Å². The normalized spacial score (nSPS) is 13.8. The molecule has 0 aromatic carbocycles. The summed E-state index contributed by atoms with van der Waals surface area (Å²) >= 11 is 6.23. The largest absolute Gasteiger partial charge is 0.330 e. The Morgan fingerprint density at radius 2 is 2.22 bits per heavy atom. The molecule has 0 aliphatic rings. The molecule has 0 aliphatic heterocycles. The summed E-state index contributed by atoms with van der Waals surface area (Å²) in [6.07, 6.45) is 3.95. The van der Waals surface area contributed by atoms with Gasteiger partial charge in [0.05, 0.1) is 4.88 Å². The van der Waals surface area contributed by atoms with Crippen molar-refractivity contribution in [2.75, 3.05) is 5.75 Å². The van der Waals surface area contributed by atoms with E-state index in [4.69, 9.17) is 0 Å². The van der Waals surface area contributed by atoms with Crippen LogP contribution in [0.4, 0.5) is 0 Å². The molecule has 2 rings (SSSR count). The summed E-state index contributed by atoms with van der Waals surface area (Å²) in [5, 5.41) is 2.09. The number of thiophene rings is 1. The molecule has 0 saturated heterocycles. The highest BCUT2D eigenvalue weighted by molar-refractivity contribution is 7.80. The molecule has 2 heterocycles. The minimum atomic E-state index is 0.263. The Hall–Kier alpha value is -0.740. The topological polar surface area (TPSA) is 17.8 Å². The van der Waals surface area contributed by atoms with E-state index in [2.05, 4.69) is 66.7 Å². The zero-order valence-electron chi connectivity index (χ0n) is 11.1. The standard InChI is InChI=1S/C14H20N2S2/c1-14(2,3)11(10-17)9-16-7-6-15-13(16)12-5-4-8-18-12/h4-8,11,17H,9-10H2,1-3H3. The van der Waals surface area contributed by atoms with E-state index in [1.165, 1.54) is 4.88 Å². The van der Waals surface area contributed by atoms with Crippen molar-refractivity contribution < 1.29 is 0 Å². The molecule has 2 nitrogen and oxygen atoms in total. The molecule has 0 amide bonds. The van der Waals surface area contributed by atoms with Gasteiger partial charge in [-0.25, -0.2) is 4.98 Å². The Morgan fingerprint density at radius 1 is 1.44 bits per heavy atom. The van der Waals surface area contributed by atoms with Crippen LogP contribution >= 0.6 is 24.0 Å². The van der Waals surface area contributed by atoms with Crippen molar-refractivity contribution in [3.05, 3.63) is 29.9 Å². The molecule has 0 spiro atoms. The molecule has 1 atom stereocenters. The molecule has 0 saturated carbocycles. The molecule has 0 N–H and O–H groups in total. The van der Waals surface area contributed by atoms with Gasteiger partial charge in [-0.05, 0) is 28.5 Å². The molecule has 4 heteroatoms. The maximum absolute atomic E-state index is 4.50. The summed E-state index contributed by atoms with van der Waals surface area (Å²) in [4.78, 5) is 5.71. The second-order valence-corrected chi connectivity index (χ2v) is 6.94. The number of hydrogen-bond acceptors (Lipinski definition) is 3. The van der Waals surface area contributed by atoms with Gasteiger partial charge in [0.25, 0.3) is 0 Å². The minimum Gasteiger partial charge on any atom is -0.330 e. The average molecular weight is 280 g/mol. The monoisotopic (exact) mass is 280 g/mol. The van der Waals surface area contributed by atoms with Gasteiger partial charge >= 0.3 is 0 Å². The third-order valence-electron chi connectivity index (χ3n) is 3.32. The van der Waals surface area contributed by atoms with Crippen LogP contribution in [0.15, 0.2) is 29.9 Å². The Morgan fingerprint density at radius 3 is 2.78 bits per heavy atom. The summed E-state index contributed by atoms with van der Waals surface area (Å²) < 4.78 is 2.25. The minimum absolute atomic E-state index is 0.263. The SMILES string of the molecule is CC(C)(C)C(CS)Cn1ccnc1-c1cccs1. The van der Waals surface area contributed by atoms with Gasteiger partial charge < -0.3 is 4.57 Å². The molecular formula is C14H20N2S2. The van der Waals surface area contributed by atoms with Crippen LogP contribution in [-0.4, -0.2) is 15.3 Å². The van der Waals surface area contributed by atoms with Crippen molar-refractivity contribution in [3.8, 4) is 10.7 Å². The van der Waals surface area contributed by atoms with Crippen LogP contribution in [0.1, 0.15) is 20.8 Å². The second-order valence-electron chi connectivity index (χ2n) is 5.63. The fourth-order valence-electron chi connectivity index (χ4n) is 1.93. The van der Waals surface area contributed by atoms with Crippen LogP contribution in [0.25, 0.3) is 10.7 Å². The van der Waals surface area contributed by atoms with Crippen LogP contribution in [0, 0.1) is 11.3 Å². The van der Waals surface area contributed by atoms with Gasteiger partial charge in [-0.1, -0.05) is 26.8 Å². The smallest absolute Gasteiger partial charge is 0.149 e. The van der Waals surface area contributed by atoms with Gasteiger partial charge in [0.15, 0.2) is 0 Å². The molecule has 0 aliphatic carbocycles. The summed E-state index contributed by atoms with van der Waals surface area (Å²) in [5.41, 5.74) is 0.263. The highest BCUT2D eigenvalue weighted by Gasteiger charge is 2.24. The summed E-state index contributed by atoms with van der Waals surface area (Å²) in [7, 11) is 0. The van der Waals surface area contributed by atoms with Gasteiger partial charge in [-0.2, -0.15) is 12.6 Å². The third kappa shape index (κ3) is 2.98. The zero-order chi connectivity index (χ0) is 13.2. The number of hydrogen-bond donors (Lipinski definition) is 1. The van der Waals surface area contributed by atoms with Crippen molar-refractivity contribution in [1.82, 2.24) is 9.55 Å². The van der Waals surface area contributed by atoms with Gasteiger partial charge in [-0.15, -0.1) is 11.3 Å². The van der Waals surface area contributed by atoms with Crippen LogP contribution in [0.2, 0.25) is 0 Å². The van der Waals surface area contributed by atoms with Gasteiger partial charge in [0, 0.05) is 18.9 Å². The number of rotatable bonds is 4. The van der Waals surface area contributed by atoms with Crippen LogP contribution in [0.5, 0.6) is 0 Å². The van der Waals surface area contributed by atoms with Crippen molar-refractivity contribution in [3.63, 3.8) is 0 Å². The van der Waals surface area contributed by atoms with Crippen molar-refractivity contribution in [2.24, 2.45) is 11.3 Å². The summed E-state index contributed by atoms with van der Waals surface area (Å²) in [6.45, 7) is 7.79. The predicted octanol–water partition coefficient (Wildman–Crippen LogP) is 4.20. The molecular weight excluding hydrogens is 260 g/mol. The molecule has 2 aromatic rings. The highest BCUT2D eigenvalue weighted by atomic mass is 32.1. The Bertz CT molecular complexity index is 480. The fourth-order valence-corrected chi connectivity index (χ4v) is 3.33. The maximum atomic E-state index is 4.50. The first-order valence-electron chi connectivity index (χ1n) is 6.18. The molecule has 2 aromatic heterocycles. The number of thiol groups is 1. The van der Waals surface area contributed by atoms with E-state index in [0.717, 1.165) is 18.1 Å². The van der Waals surface area contributed by atoms with E-state index in [-0.39, 0.29) is 5.41 Å².